The van der Waals surface area contributed by atoms with Crippen molar-refractivity contribution in [1.82, 2.24) is 0 Å². The Morgan fingerprint density at radius 3 is 2.21 bits per heavy atom. The second kappa shape index (κ2) is 6.73. The maximum absolute atomic E-state index is 14.0. The van der Waals surface area contributed by atoms with E-state index in [-0.39, 0.29) is 5.92 Å². The van der Waals surface area contributed by atoms with E-state index in [4.69, 9.17) is 0 Å². The number of alkyl halides is 6. The van der Waals surface area contributed by atoms with Gasteiger partial charge in [-0.25, -0.2) is 0 Å². The van der Waals surface area contributed by atoms with E-state index in [1.54, 1.807) is 0 Å². The quantitative estimate of drug-likeness (QED) is 0.552. The zero-order valence-corrected chi connectivity index (χ0v) is 13.7. The lowest BCUT2D eigenvalue weighted by Crippen LogP contribution is -2.50. The molecule has 1 nitrogen and oxygen atoms in total. The van der Waals surface area contributed by atoms with E-state index >= 15 is 0 Å². The summed E-state index contributed by atoms with van der Waals surface area (Å²) in [6.45, 7) is 2.46. The second-order valence-electron chi connectivity index (χ2n) is 6.86. The zero-order valence-electron chi connectivity index (χ0n) is 13.7. The van der Waals surface area contributed by atoms with E-state index in [0.29, 0.717) is 24.5 Å². The monoisotopic (exact) mass is 356 g/mol. The smallest absolute Gasteiger partial charge is 0.317 e. The topological polar surface area (TPSA) is 9.23 Å². The molecular weight excluding hydrogens is 334 g/mol. The predicted octanol–water partition coefficient (Wildman–Crippen LogP) is 5.97. The van der Waals surface area contributed by atoms with Gasteiger partial charge in [0, 0.05) is 5.57 Å². The first-order valence-electron chi connectivity index (χ1n) is 8.16. The van der Waals surface area contributed by atoms with Crippen LogP contribution in [0.3, 0.4) is 0 Å². The Hall–Kier alpha value is -0.980. The molecule has 7 heteroatoms. The maximum Gasteiger partial charge on any atom is 0.385 e. The maximum atomic E-state index is 14.0. The molecule has 2 rings (SSSR count). The van der Waals surface area contributed by atoms with E-state index in [1.165, 1.54) is 0 Å². The number of allylic oxidation sites excluding steroid dienone is 3. The van der Waals surface area contributed by atoms with Crippen LogP contribution in [0.25, 0.3) is 0 Å². The van der Waals surface area contributed by atoms with Gasteiger partial charge in [-0.1, -0.05) is 38.7 Å². The largest absolute Gasteiger partial charge is 0.385 e. The van der Waals surface area contributed by atoms with Crippen molar-refractivity contribution in [3.05, 3.63) is 23.3 Å². The summed E-state index contributed by atoms with van der Waals surface area (Å²) < 4.78 is 86.9. The summed E-state index contributed by atoms with van der Waals surface area (Å²) in [5, 5.41) is 0. The van der Waals surface area contributed by atoms with Crippen LogP contribution < -0.4 is 0 Å². The molecule has 0 unspecified atom stereocenters. The van der Waals surface area contributed by atoms with Gasteiger partial charge < -0.3 is 4.74 Å². The van der Waals surface area contributed by atoms with Crippen molar-refractivity contribution in [1.29, 1.82) is 0 Å². The molecular formula is C17H22F6O. The summed E-state index contributed by atoms with van der Waals surface area (Å²) in [4.78, 5) is 0. The van der Waals surface area contributed by atoms with Crippen molar-refractivity contribution in [3.63, 3.8) is 0 Å². The molecule has 1 fully saturated rings. The Kier molecular flexibility index (Phi) is 5.43. The highest BCUT2D eigenvalue weighted by molar-refractivity contribution is 5.39. The number of hydrogen-bond acceptors (Lipinski definition) is 1. The number of rotatable bonds is 5. The highest BCUT2D eigenvalue weighted by Gasteiger charge is 2.66. The molecule has 0 radical (unpaired) electrons. The van der Waals surface area contributed by atoms with Gasteiger partial charge in [0.25, 0.3) is 0 Å². The van der Waals surface area contributed by atoms with Crippen LogP contribution in [0.15, 0.2) is 23.3 Å². The molecule has 138 valence electrons. The summed E-state index contributed by atoms with van der Waals surface area (Å²) in [5.41, 5.74) is -2.94. The molecule has 0 heterocycles. The Balaban J connectivity index is 1.99. The average molecular weight is 356 g/mol. The van der Waals surface area contributed by atoms with Crippen LogP contribution >= 0.6 is 0 Å². The van der Waals surface area contributed by atoms with Crippen molar-refractivity contribution >= 4 is 0 Å². The fraction of sp³-hybridized carbons (Fsp3) is 0.765. The third kappa shape index (κ3) is 3.65. The SMILES string of the molecule is CC1=CC=C(C(F)(F)OCCC2CCC(C)CC2)C(F)(F)C1(F)F. The first-order chi connectivity index (χ1) is 11.0. The summed E-state index contributed by atoms with van der Waals surface area (Å²) in [6, 6.07) is 0. The Morgan fingerprint density at radius 1 is 1.04 bits per heavy atom. The molecule has 0 saturated heterocycles. The number of halogens is 6. The summed E-state index contributed by atoms with van der Waals surface area (Å²) in [7, 11) is 0. The fourth-order valence-corrected chi connectivity index (χ4v) is 3.16. The van der Waals surface area contributed by atoms with Gasteiger partial charge in [-0.3, -0.25) is 0 Å². The summed E-state index contributed by atoms with van der Waals surface area (Å²) >= 11 is 0. The van der Waals surface area contributed by atoms with Gasteiger partial charge in [0.15, 0.2) is 0 Å². The third-order valence-electron chi connectivity index (χ3n) is 4.99. The molecule has 0 spiro atoms. The van der Waals surface area contributed by atoms with Crippen molar-refractivity contribution in [2.45, 2.75) is 63.9 Å². The third-order valence-corrected chi connectivity index (χ3v) is 4.99. The molecule has 2 aliphatic carbocycles. The van der Waals surface area contributed by atoms with Crippen molar-refractivity contribution < 1.29 is 31.1 Å². The molecule has 0 aromatic heterocycles. The molecule has 0 aromatic rings. The normalized spacial score (nSPS) is 29.8. The predicted molar refractivity (Wildman–Crippen MR) is 78.4 cm³/mol. The van der Waals surface area contributed by atoms with Gasteiger partial charge >= 0.3 is 18.0 Å². The van der Waals surface area contributed by atoms with Gasteiger partial charge in [0.2, 0.25) is 0 Å². The van der Waals surface area contributed by atoms with E-state index in [2.05, 4.69) is 11.7 Å². The minimum absolute atomic E-state index is 0.210. The Bertz CT molecular complexity index is 515. The van der Waals surface area contributed by atoms with Crippen LogP contribution in [0.1, 0.15) is 46.0 Å². The van der Waals surface area contributed by atoms with Crippen LogP contribution in [0.4, 0.5) is 26.3 Å². The van der Waals surface area contributed by atoms with Crippen molar-refractivity contribution in [3.8, 4) is 0 Å². The molecule has 24 heavy (non-hydrogen) atoms. The molecule has 0 N–H and O–H groups in total. The molecule has 0 aliphatic heterocycles. The fourth-order valence-electron chi connectivity index (χ4n) is 3.16. The average Bonchev–Trinajstić information content (AvgIpc) is 2.47. The lowest BCUT2D eigenvalue weighted by molar-refractivity contribution is -0.253. The first-order valence-corrected chi connectivity index (χ1v) is 8.16. The lowest BCUT2D eigenvalue weighted by Gasteiger charge is -2.35. The summed E-state index contributed by atoms with van der Waals surface area (Å²) in [6.07, 6.45) is 0.588. The molecule has 0 atom stereocenters. The minimum Gasteiger partial charge on any atom is -0.317 e. The van der Waals surface area contributed by atoms with Gasteiger partial charge in [0.1, 0.15) is 5.57 Å². The number of ether oxygens (including phenoxy) is 1. The highest BCUT2D eigenvalue weighted by atomic mass is 19.3. The molecule has 0 aromatic carbocycles. The van der Waals surface area contributed by atoms with E-state index < -0.39 is 35.7 Å². The highest BCUT2D eigenvalue weighted by Crippen LogP contribution is 2.51. The Morgan fingerprint density at radius 2 is 1.62 bits per heavy atom. The van der Waals surface area contributed by atoms with Crippen LogP contribution in [-0.4, -0.2) is 24.6 Å². The van der Waals surface area contributed by atoms with Crippen molar-refractivity contribution in [2.75, 3.05) is 6.61 Å². The van der Waals surface area contributed by atoms with Crippen molar-refractivity contribution in [2.24, 2.45) is 11.8 Å². The Labute approximate surface area is 137 Å². The van der Waals surface area contributed by atoms with Crippen LogP contribution in [0, 0.1) is 11.8 Å². The van der Waals surface area contributed by atoms with Gasteiger partial charge in [0.05, 0.1) is 6.61 Å². The van der Waals surface area contributed by atoms with Gasteiger partial charge in [-0.05, 0) is 31.3 Å². The van der Waals surface area contributed by atoms with E-state index in [0.717, 1.165) is 32.6 Å². The molecule has 0 amide bonds. The lowest BCUT2D eigenvalue weighted by atomic mass is 9.82. The van der Waals surface area contributed by atoms with Gasteiger partial charge in [-0.2, -0.15) is 26.3 Å². The first kappa shape index (κ1) is 19.3. The zero-order chi connectivity index (χ0) is 18.2. The van der Waals surface area contributed by atoms with Crippen LogP contribution in [0.5, 0.6) is 0 Å². The standard InChI is InChI=1S/C17H22F6O/c1-11-3-6-13(7-4-11)9-10-24-17(22,23)14-8-5-12(2)15(18,19)16(14,20)21/h5,8,11,13H,3-4,6-7,9-10H2,1-2H3. The molecule has 1 saturated carbocycles. The van der Waals surface area contributed by atoms with Crippen LogP contribution in [0.2, 0.25) is 0 Å². The minimum atomic E-state index is -4.98. The van der Waals surface area contributed by atoms with E-state index in [9.17, 15) is 26.3 Å². The molecule has 2 aliphatic rings. The van der Waals surface area contributed by atoms with Crippen LogP contribution in [-0.2, 0) is 4.74 Å². The van der Waals surface area contributed by atoms with E-state index in [1.807, 2.05) is 0 Å². The molecule has 0 bridgehead atoms. The van der Waals surface area contributed by atoms with Gasteiger partial charge in [-0.15, -0.1) is 0 Å². The number of hydrogen-bond donors (Lipinski definition) is 0. The summed E-state index contributed by atoms with van der Waals surface area (Å²) in [5.74, 6) is -8.81. The second-order valence-corrected chi connectivity index (χ2v) is 6.86.